The summed E-state index contributed by atoms with van der Waals surface area (Å²) in [5, 5.41) is 7.81. The van der Waals surface area contributed by atoms with Crippen LogP contribution in [0.15, 0.2) is 41.3 Å². The van der Waals surface area contributed by atoms with Crippen molar-refractivity contribution in [1.29, 1.82) is 0 Å². The average molecular weight is 464 g/mol. The molecule has 2 aromatic rings. The smallest absolute Gasteiger partial charge is 0.315 e. The van der Waals surface area contributed by atoms with Crippen LogP contribution in [-0.4, -0.2) is 54.0 Å². The second-order valence-electron chi connectivity index (χ2n) is 8.09. The number of benzene rings is 1. The summed E-state index contributed by atoms with van der Waals surface area (Å²) in [6.07, 6.45) is 0.433. The molecule has 2 aliphatic rings. The van der Waals surface area contributed by atoms with Crippen molar-refractivity contribution in [3.63, 3.8) is 0 Å². The van der Waals surface area contributed by atoms with Crippen molar-refractivity contribution in [2.75, 3.05) is 13.2 Å². The zero-order valence-electron chi connectivity index (χ0n) is 17.5. The van der Waals surface area contributed by atoms with Crippen molar-refractivity contribution in [2.24, 2.45) is 0 Å². The molecule has 33 heavy (non-hydrogen) atoms. The molecule has 0 radical (unpaired) electrons. The maximum Gasteiger partial charge on any atom is 0.315 e. The first kappa shape index (κ1) is 22.8. The molecular weight excluding hydrogens is 441 g/mol. The Balaban J connectivity index is 1.29. The van der Waals surface area contributed by atoms with Gasteiger partial charge in [0, 0.05) is 19.2 Å². The fourth-order valence-electron chi connectivity index (χ4n) is 4.17. The van der Waals surface area contributed by atoms with Crippen molar-refractivity contribution in [3.8, 4) is 0 Å². The van der Waals surface area contributed by atoms with E-state index >= 15 is 0 Å². The third kappa shape index (κ3) is 5.19. The Kier molecular flexibility index (Phi) is 6.68. The van der Waals surface area contributed by atoms with Gasteiger partial charge in [-0.25, -0.2) is 18.0 Å². The number of fused-ring (bicyclic) bond motifs is 1. The van der Waals surface area contributed by atoms with Gasteiger partial charge in [0.2, 0.25) is 0 Å². The van der Waals surface area contributed by atoms with Crippen molar-refractivity contribution < 1.29 is 27.5 Å². The molecule has 4 unspecified atom stereocenters. The summed E-state index contributed by atoms with van der Waals surface area (Å²) < 4.78 is 47.6. The standard InChI is InChI=1S/C22H23F3N4O4/c23-15-4-3-12(8-16(15)24)11-29-6-1-2-14(21(29)31)20(30)26-5-7-33-13-9-17(25)19-18(10-13)27-22(32)28-19/h1-4,6,8,13,17-19H,5,7,9-11H2,(H,26,30)(H2,27,28,32). The van der Waals surface area contributed by atoms with E-state index in [1.165, 1.54) is 29.0 Å². The second kappa shape index (κ2) is 9.65. The Morgan fingerprint density at radius 1 is 1.15 bits per heavy atom. The summed E-state index contributed by atoms with van der Waals surface area (Å²) in [6, 6.07) is 4.93. The van der Waals surface area contributed by atoms with Crippen molar-refractivity contribution in [2.45, 2.75) is 43.7 Å². The van der Waals surface area contributed by atoms with Crippen molar-refractivity contribution in [3.05, 3.63) is 69.6 Å². The second-order valence-corrected chi connectivity index (χ2v) is 8.09. The number of hydrogen-bond acceptors (Lipinski definition) is 4. The maximum atomic E-state index is 14.2. The summed E-state index contributed by atoms with van der Waals surface area (Å²) in [4.78, 5) is 36.5. The molecule has 4 rings (SSSR count). The Morgan fingerprint density at radius 2 is 1.97 bits per heavy atom. The predicted molar refractivity (Wildman–Crippen MR) is 112 cm³/mol. The molecule has 0 spiro atoms. The summed E-state index contributed by atoms with van der Waals surface area (Å²) in [5.74, 6) is -2.61. The van der Waals surface area contributed by atoms with E-state index < -0.39 is 47.4 Å². The highest BCUT2D eigenvalue weighted by molar-refractivity contribution is 5.93. The average Bonchev–Trinajstić information content (AvgIpc) is 3.16. The fourth-order valence-corrected chi connectivity index (χ4v) is 4.17. The molecule has 2 heterocycles. The molecule has 4 atom stereocenters. The van der Waals surface area contributed by atoms with E-state index in [0.29, 0.717) is 12.0 Å². The molecule has 2 fully saturated rings. The SMILES string of the molecule is O=C1NC2CC(OCCNC(=O)c3cccn(Cc4ccc(F)c(F)c4)c3=O)CC(F)C2N1. The number of pyridine rings is 1. The van der Waals surface area contributed by atoms with Crippen LogP contribution < -0.4 is 21.5 Å². The minimum atomic E-state index is -1.22. The van der Waals surface area contributed by atoms with Gasteiger partial charge < -0.3 is 25.3 Å². The van der Waals surface area contributed by atoms with E-state index in [0.717, 1.165) is 12.1 Å². The van der Waals surface area contributed by atoms with Crippen LogP contribution in [0.1, 0.15) is 28.8 Å². The first-order valence-corrected chi connectivity index (χ1v) is 10.6. The van der Waals surface area contributed by atoms with E-state index in [9.17, 15) is 27.6 Å². The van der Waals surface area contributed by atoms with Gasteiger partial charge in [-0.1, -0.05) is 6.07 Å². The molecule has 1 aliphatic carbocycles. The van der Waals surface area contributed by atoms with Crippen LogP contribution >= 0.6 is 0 Å². The van der Waals surface area contributed by atoms with Gasteiger partial charge in [0.1, 0.15) is 11.7 Å². The zero-order chi connectivity index (χ0) is 23.5. The highest BCUT2D eigenvalue weighted by Gasteiger charge is 2.44. The van der Waals surface area contributed by atoms with Gasteiger partial charge in [0.15, 0.2) is 11.6 Å². The van der Waals surface area contributed by atoms with Crippen LogP contribution in [0.4, 0.5) is 18.0 Å². The third-order valence-electron chi connectivity index (χ3n) is 5.79. The number of hydrogen-bond donors (Lipinski definition) is 3. The predicted octanol–water partition coefficient (Wildman–Crippen LogP) is 1.47. The van der Waals surface area contributed by atoms with Crippen LogP contribution in [0.3, 0.4) is 0 Å². The fraction of sp³-hybridized carbons (Fsp3) is 0.409. The molecule has 1 saturated heterocycles. The zero-order valence-corrected chi connectivity index (χ0v) is 17.5. The Labute approximate surface area is 187 Å². The quantitative estimate of drug-likeness (QED) is 0.541. The number of nitrogens with zero attached hydrogens (tertiary/aromatic N) is 1. The lowest BCUT2D eigenvalue weighted by Crippen LogP contribution is -2.49. The number of rotatable bonds is 7. The number of alkyl halides is 1. The number of carbonyl (C=O) groups excluding carboxylic acids is 2. The molecule has 1 aromatic carbocycles. The number of halogens is 3. The van der Waals surface area contributed by atoms with Gasteiger partial charge in [-0.15, -0.1) is 0 Å². The molecule has 11 heteroatoms. The topological polar surface area (TPSA) is 101 Å². The largest absolute Gasteiger partial charge is 0.376 e. The lowest BCUT2D eigenvalue weighted by atomic mass is 9.88. The highest BCUT2D eigenvalue weighted by atomic mass is 19.2. The Morgan fingerprint density at radius 3 is 2.76 bits per heavy atom. The summed E-state index contributed by atoms with van der Waals surface area (Å²) in [7, 11) is 0. The van der Waals surface area contributed by atoms with E-state index in [2.05, 4.69) is 16.0 Å². The minimum Gasteiger partial charge on any atom is -0.376 e. The Hall–Kier alpha value is -3.34. The number of amides is 3. The molecule has 3 amide bonds. The monoisotopic (exact) mass is 464 g/mol. The molecule has 8 nitrogen and oxygen atoms in total. The normalized spacial score (nSPS) is 24.0. The van der Waals surface area contributed by atoms with Gasteiger partial charge in [-0.05, 0) is 36.2 Å². The van der Waals surface area contributed by atoms with Crippen LogP contribution in [0.2, 0.25) is 0 Å². The summed E-state index contributed by atoms with van der Waals surface area (Å²) in [6.45, 7) is 0.181. The number of nitrogens with one attached hydrogen (secondary N) is 3. The van der Waals surface area contributed by atoms with Crippen LogP contribution in [0, 0.1) is 11.6 Å². The first-order chi connectivity index (χ1) is 15.8. The molecular formula is C22H23F3N4O4. The molecule has 1 aliphatic heterocycles. The van der Waals surface area contributed by atoms with Gasteiger partial charge in [-0.2, -0.15) is 0 Å². The van der Waals surface area contributed by atoms with Gasteiger partial charge >= 0.3 is 6.03 Å². The number of urea groups is 1. The minimum absolute atomic E-state index is 0.0279. The molecule has 176 valence electrons. The van der Waals surface area contributed by atoms with Crippen LogP contribution in [0.5, 0.6) is 0 Å². The van der Waals surface area contributed by atoms with E-state index in [1.807, 2.05) is 0 Å². The van der Waals surface area contributed by atoms with Gasteiger partial charge in [0.25, 0.3) is 11.5 Å². The van der Waals surface area contributed by atoms with Crippen molar-refractivity contribution >= 4 is 11.9 Å². The number of carbonyl (C=O) groups is 2. The first-order valence-electron chi connectivity index (χ1n) is 10.6. The number of aromatic nitrogens is 1. The molecule has 1 aromatic heterocycles. The molecule has 1 saturated carbocycles. The van der Waals surface area contributed by atoms with Crippen LogP contribution in [-0.2, 0) is 11.3 Å². The Bertz CT molecular complexity index is 1110. The van der Waals surface area contributed by atoms with E-state index in [1.54, 1.807) is 0 Å². The van der Waals surface area contributed by atoms with Gasteiger partial charge in [0.05, 0.1) is 31.3 Å². The van der Waals surface area contributed by atoms with Gasteiger partial charge in [-0.3, -0.25) is 9.59 Å². The summed E-state index contributed by atoms with van der Waals surface area (Å²) in [5.41, 5.74) is -0.315. The molecule has 0 bridgehead atoms. The van der Waals surface area contributed by atoms with Crippen molar-refractivity contribution in [1.82, 2.24) is 20.5 Å². The lowest BCUT2D eigenvalue weighted by molar-refractivity contribution is -0.00561. The van der Waals surface area contributed by atoms with E-state index in [-0.39, 0.29) is 37.7 Å². The number of ether oxygens (including phenoxy) is 1. The summed E-state index contributed by atoms with van der Waals surface area (Å²) >= 11 is 0. The molecule has 3 N–H and O–H groups in total. The van der Waals surface area contributed by atoms with Crippen LogP contribution in [0.25, 0.3) is 0 Å². The van der Waals surface area contributed by atoms with E-state index in [4.69, 9.17) is 4.74 Å². The highest BCUT2D eigenvalue weighted by Crippen LogP contribution is 2.27. The maximum absolute atomic E-state index is 14.2. The lowest BCUT2D eigenvalue weighted by Gasteiger charge is -2.33. The third-order valence-corrected chi connectivity index (χ3v) is 5.79.